The maximum atomic E-state index is 10.8. The van der Waals surface area contributed by atoms with Gasteiger partial charge in [-0.2, -0.15) is 9.97 Å². The summed E-state index contributed by atoms with van der Waals surface area (Å²) in [6, 6.07) is 1.65. The molecule has 0 saturated carbocycles. The number of ether oxygens (including phenoxy) is 2. The monoisotopic (exact) mass is 197 g/mol. The normalized spacial score (nSPS) is 9.36. The van der Waals surface area contributed by atoms with Gasteiger partial charge in [0.1, 0.15) is 5.82 Å². The van der Waals surface area contributed by atoms with Crippen molar-refractivity contribution in [2.45, 2.75) is 6.92 Å². The summed E-state index contributed by atoms with van der Waals surface area (Å²) in [5, 5.41) is 2.50. The van der Waals surface area contributed by atoms with Crippen LogP contribution in [0.2, 0.25) is 0 Å². The van der Waals surface area contributed by atoms with Crippen LogP contribution in [0.4, 0.5) is 5.82 Å². The van der Waals surface area contributed by atoms with E-state index in [4.69, 9.17) is 9.47 Å². The quantitative estimate of drug-likeness (QED) is 0.761. The van der Waals surface area contributed by atoms with E-state index >= 15 is 0 Å². The highest BCUT2D eigenvalue weighted by molar-refractivity contribution is 5.87. The van der Waals surface area contributed by atoms with E-state index in [1.54, 1.807) is 0 Å². The minimum Gasteiger partial charge on any atom is -0.481 e. The molecule has 0 fully saturated rings. The molecule has 0 saturated heterocycles. The summed E-state index contributed by atoms with van der Waals surface area (Å²) >= 11 is 0. The molecule has 6 heteroatoms. The van der Waals surface area contributed by atoms with Crippen LogP contribution >= 0.6 is 0 Å². The number of amides is 1. The van der Waals surface area contributed by atoms with E-state index in [9.17, 15) is 4.79 Å². The third kappa shape index (κ3) is 2.58. The van der Waals surface area contributed by atoms with Crippen molar-refractivity contribution < 1.29 is 14.3 Å². The molecular formula is C8H11N3O3. The summed E-state index contributed by atoms with van der Waals surface area (Å²) in [7, 11) is 2.91. The standard InChI is InChI=1S/C8H11N3O3/c1-5(12)9-6-4-7(13-2)11-8(10-6)14-3/h4H,1-3H3,(H,9,10,11,12). The Hall–Kier alpha value is -1.85. The average Bonchev–Trinajstić information content (AvgIpc) is 2.16. The molecule has 0 aromatic carbocycles. The molecule has 6 nitrogen and oxygen atoms in total. The van der Waals surface area contributed by atoms with Crippen LogP contribution in [0, 0.1) is 0 Å². The largest absolute Gasteiger partial charge is 0.481 e. The predicted octanol–water partition coefficient (Wildman–Crippen LogP) is 0.452. The zero-order valence-electron chi connectivity index (χ0n) is 8.20. The number of aromatic nitrogens is 2. The highest BCUT2D eigenvalue weighted by atomic mass is 16.5. The molecule has 0 aliphatic carbocycles. The van der Waals surface area contributed by atoms with Crippen LogP contribution in [0.3, 0.4) is 0 Å². The number of nitrogens with one attached hydrogen (secondary N) is 1. The van der Waals surface area contributed by atoms with Gasteiger partial charge >= 0.3 is 6.01 Å². The van der Waals surface area contributed by atoms with Gasteiger partial charge in [-0.15, -0.1) is 0 Å². The number of rotatable bonds is 3. The molecule has 76 valence electrons. The second-order valence-electron chi connectivity index (χ2n) is 2.46. The fraction of sp³-hybridized carbons (Fsp3) is 0.375. The molecule has 1 rings (SSSR count). The van der Waals surface area contributed by atoms with E-state index in [0.717, 1.165) is 0 Å². The Morgan fingerprint density at radius 2 is 2.07 bits per heavy atom. The third-order valence-electron chi connectivity index (χ3n) is 1.38. The molecule has 0 atom stereocenters. The zero-order chi connectivity index (χ0) is 10.6. The fourth-order valence-electron chi connectivity index (χ4n) is 0.844. The Morgan fingerprint density at radius 3 is 2.57 bits per heavy atom. The van der Waals surface area contributed by atoms with Gasteiger partial charge in [-0.25, -0.2) is 0 Å². The molecule has 0 aliphatic heterocycles. The molecule has 0 spiro atoms. The Kier molecular flexibility index (Phi) is 3.22. The maximum absolute atomic E-state index is 10.8. The molecule has 0 radical (unpaired) electrons. The van der Waals surface area contributed by atoms with Gasteiger partial charge in [-0.05, 0) is 0 Å². The summed E-state index contributed by atoms with van der Waals surface area (Å²) in [6.45, 7) is 1.39. The van der Waals surface area contributed by atoms with Crippen molar-refractivity contribution in [1.29, 1.82) is 0 Å². The Morgan fingerprint density at radius 1 is 1.36 bits per heavy atom. The van der Waals surface area contributed by atoms with E-state index in [0.29, 0.717) is 11.7 Å². The van der Waals surface area contributed by atoms with Crippen molar-refractivity contribution in [3.63, 3.8) is 0 Å². The Balaban J connectivity index is 2.98. The summed E-state index contributed by atoms with van der Waals surface area (Å²) in [6.07, 6.45) is 0. The van der Waals surface area contributed by atoms with Crippen LogP contribution in [-0.2, 0) is 4.79 Å². The SMILES string of the molecule is COc1cc(NC(C)=O)nc(OC)n1. The molecule has 1 N–H and O–H groups in total. The van der Waals surface area contributed by atoms with Crippen LogP contribution in [-0.4, -0.2) is 30.1 Å². The minimum atomic E-state index is -0.215. The Labute approximate surface area is 81.3 Å². The second-order valence-corrected chi connectivity index (χ2v) is 2.46. The van der Waals surface area contributed by atoms with Crippen molar-refractivity contribution >= 4 is 11.7 Å². The van der Waals surface area contributed by atoms with Gasteiger partial charge in [0.25, 0.3) is 0 Å². The molecule has 1 aromatic rings. The van der Waals surface area contributed by atoms with Gasteiger partial charge in [-0.3, -0.25) is 4.79 Å². The first-order chi connectivity index (χ1) is 6.65. The van der Waals surface area contributed by atoms with Crippen LogP contribution in [0.5, 0.6) is 11.9 Å². The molecule has 1 aromatic heterocycles. The molecule has 14 heavy (non-hydrogen) atoms. The number of nitrogens with zero attached hydrogens (tertiary/aromatic N) is 2. The summed E-state index contributed by atoms with van der Waals surface area (Å²) in [4.78, 5) is 18.5. The van der Waals surface area contributed by atoms with Gasteiger partial charge in [0, 0.05) is 13.0 Å². The van der Waals surface area contributed by atoms with Crippen LogP contribution in [0.15, 0.2) is 6.07 Å². The first-order valence-electron chi connectivity index (χ1n) is 3.90. The average molecular weight is 197 g/mol. The van der Waals surface area contributed by atoms with E-state index < -0.39 is 0 Å². The van der Waals surface area contributed by atoms with E-state index in [2.05, 4.69) is 15.3 Å². The lowest BCUT2D eigenvalue weighted by Gasteiger charge is -2.05. The van der Waals surface area contributed by atoms with E-state index in [1.165, 1.54) is 27.2 Å². The lowest BCUT2D eigenvalue weighted by Crippen LogP contribution is -2.08. The predicted molar refractivity (Wildman–Crippen MR) is 49.4 cm³/mol. The molecular weight excluding hydrogens is 186 g/mol. The summed E-state index contributed by atoms with van der Waals surface area (Å²) < 4.78 is 9.72. The van der Waals surface area contributed by atoms with Gasteiger partial charge in [0.15, 0.2) is 0 Å². The van der Waals surface area contributed by atoms with Gasteiger partial charge in [0.2, 0.25) is 11.8 Å². The topological polar surface area (TPSA) is 73.3 Å². The second kappa shape index (κ2) is 4.40. The van der Waals surface area contributed by atoms with Crippen molar-refractivity contribution in [2.24, 2.45) is 0 Å². The van der Waals surface area contributed by atoms with E-state index in [-0.39, 0.29) is 11.9 Å². The van der Waals surface area contributed by atoms with E-state index in [1.807, 2.05) is 0 Å². The maximum Gasteiger partial charge on any atom is 0.321 e. The lowest BCUT2D eigenvalue weighted by molar-refractivity contribution is -0.114. The van der Waals surface area contributed by atoms with Crippen molar-refractivity contribution in [3.05, 3.63) is 6.07 Å². The fourth-order valence-corrected chi connectivity index (χ4v) is 0.844. The molecule has 0 bridgehead atoms. The number of anilines is 1. The highest BCUT2D eigenvalue weighted by Crippen LogP contribution is 2.16. The molecule has 0 unspecified atom stereocenters. The molecule has 1 amide bonds. The van der Waals surface area contributed by atoms with Crippen molar-refractivity contribution in [1.82, 2.24) is 9.97 Å². The van der Waals surface area contributed by atoms with Gasteiger partial charge < -0.3 is 14.8 Å². The van der Waals surface area contributed by atoms with Crippen LogP contribution < -0.4 is 14.8 Å². The summed E-state index contributed by atoms with van der Waals surface area (Å²) in [5.74, 6) is 0.467. The first-order valence-corrected chi connectivity index (χ1v) is 3.90. The van der Waals surface area contributed by atoms with Crippen molar-refractivity contribution in [3.8, 4) is 11.9 Å². The number of hydrogen-bond acceptors (Lipinski definition) is 5. The number of methoxy groups -OCH3 is 2. The minimum absolute atomic E-state index is 0.146. The van der Waals surface area contributed by atoms with Crippen LogP contribution in [0.25, 0.3) is 0 Å². The first kappa shape index (κ1) is 10.2. The lowest BCUT2D eigenvalue weighted by atomic mass is 10.5. The third-order valence-corrected chi connectivity index (χ3v) is 1.38. The summed E-state index contributed by atoms with van der Waals surface area (Å²) in [5.41, 5.74) is 0. The molecule has 0 aliphatic rings. The molecule has 1 heterocycles. The Bertz CT molecular complexity index is 318. The number of carbonyl (C=O) groups excluding carboxylic acids is 1. The number of hydrogen-bond donors (Lipinski definition) is 1. The zero-order valence-corrected chi connectivity index (χ0v) is 8.20. The van der Waals surface area contributed by atoms with Gasteiger partial charge in [-0.1, -0.05) is 0 Å². The smallest absolute Gasteiger partial charge is 0.321 e. The number of carbonyl (C=O) groups is 1. The van der Waals surface area contributed by atoms with Crippen LogP contribution in [0.1, 0.15) is 6.92 Å². The van der Waals surface area contributed by atoms with Crippen molar-refractivity contribution in [2.75, 3.05) is 19.5 Å². The highest BCUT2D eigenvalue weighted by Gasteiger charge is 2.05. The van der Waals surface area contributed by atoms with Gasteiger partial charge in [0.05, 0.1) is 14.2 Å².